The first-order chi connectivity index (χ1) is 10.7. The minimum atomic E-state index is 0.119. The predicted molar refractivity (Wildman–Crippen MR) is 90.8 cm³/mol. The van der Waals surface area contributed by atoms with Gasteiger partial charge in [-0.1, -0.05) is 55.7 Å². The normalized spacial score (nSPS) is 17.3. The number of amides is 1. The minimum absolute atomic E-state index is 0.119. The van der Waals surface area contributed by atoms with E-state index in [9.17, 15) is 4.79 Å². The monoisotopic (exact) mass is 291 g/mol. The van der Waals surface area contributed by atoms with Gasteiger partial charge >= 0.3 is 0 Å². The molecule has 1 aliphatic rings. The van der Waals surface area contributed by atoms with Crippen molar-refractivity contribution < 1.29 is 4.79 Å². The predicted octanol–water partition coefficient (Wildman–Crippen LogP) is 4.20. The number of carbonyl (C=O) groups excluding carboxylic acids is 1. The fraction of sp³-hybridized carbons (Fsp3) is 0.250. The Balaban J connectivity index is 2.61. The zero-order valence-electron chi connectivity index (χ0n) is 13.2. The third-order valence-electron chi connectivity index (χ3n) is 3.54. The van der Waals surface area contributed by atoms with Gasteiger partial charge in [-0.2, -0.15) is 0 Å². The molecule has 112 valence electrons. The van der Waals surface area contributed by atoms with Gasteiger partial charge in [0.1, 0.15) is 0 Å². The molecule has 0 aliphatic carbocycles. The molecular weight excluding hydrogens is 270 g/mol. The summed E-state index contributed by atoms with van der Waals surface area (Å²) in [7, 11) is 0. The summed E-state index contributed by atoms with van der Waals surface area (Å²) < 4.78 is 0. The van der Waals surface area contributed by atoms with Gasteiger partial charge in [-0.05, 0) is 31.1 Å². The summed E-state index contributed by atoms with van der Waals surface area (Å²) in [6, 6.07) is 7.98. The van der Waals surface area contributed by atoms with Crippen molar-refractivity contribution >= 4 is 5.91 Å². The van der Waals surface area contributed by atoms with Gasteiger partial charge in [0, 0.05) is 17.6 Å². The second-order valence-corrected chi connectivity index (χ2v) is 5.14. The molecule has 0 saturated carbocycles. The van der Waals surface area contributed by atoms with E-state index in [2.05, 4.69) is 18.4 Å². The maximum atomic E-state index is 12.6. The molecule has 0 bridgehead atoms. The molecule has 2 nitrogen and oxygen atoms in total. The van der Waals surface area contributed by atoms with Crippen molar-refractivity contribution in [2.45, 2.75) is 33.2 Å². The Morgan fingerprint density at radius 2 is 2.14 bits per heavy atom. The van der Waals surface area contributed by atoms with E-state index in [1.165, 1.54) is 0 Å². The van der Waals surface area contributed by atoms with Crippen molar-refractivity contribution in [3.8, 4) is 11.8 Å². The minimum Gasteiger partial charge on any atom is -0.307 e. The largest absolute Gasteiger partial charge is 0.307 e. The van der Waals surface area contributed by atoms with Crippen LogP contribution in [0, 0.1) is 11.8 Å². The summed E-state index contributed by atoms with van der Waals surface area (Å²) in [5, 5.41) is 0. The molecule has 1 aromatic carbocycles. The molecule has 0 radical (unpaired) electrons. The lowest BCUT2D eigenvalue weighted by Crippen LogP contribution is -2.30. The van der Waals surface area contributed by atoms with E-state index in [4.69, 9.17) is 0 Å². The molecule has 0 atom stereocenters. The lowest BCUT2D eigenvalue weighted by Gasteiger charge is -2.26. The van der Waals surface area contributed by atoms with E-state index < -0.39 is 0 Å². The SMILES string of the molecule is C=C/C1=C(\C=C/C)N(C(=O)CCC)Cc2ccccc2C#C1. The second-order valence-electron chi connectivity index (χ2n) is 5.14. The number of rotatable bonds is 4. The van der Waals surface area contributed by atoms with Crippen LogP contribution in [0.5, 0.6) is 0 Å². The lowest BCUT2D eigenvalue weighted by molar-refractivity contribution is -0.129. The first-order valence-electron chi connectivity index (χ1n) is 7.61. The van der Waals surface area contributed by atoms with E-state index in [0.717, 1.165) is 28.8 Å². The van der Waals surface area contributed by atoms with Gasteiger partial charge < -0.3 is 4.90 Å². The molecule has 0 fully saturated rings. The molecule has 0 unspecified atom stereocenters. The molecule has 1 amide bonds. The second kappa shape index (κ2) is 7.47. The highest BCUT2D eigenvalue weighted by atomic mass is 16.2. The molecule has 0 spiro atoms. The summed E-state index contributed by atoms with van der Waals surface area (Å²) in [6.45, 7) is 8.35. The van der Waals surface area contributed by atoms with E-state index in [0.29, 0.717) is 13.0 Å². The number of nitrogens with zero attached hydrogens (tertiary/aromatic N) is 1. The van der Waals surface area contributed by atoms with E-state index in [1.807, 2.05) is 55.2 Å². The van der Waals surface area contributed by atoms with Crippen molar-refractivity contribution in [3.63, 3.8) is 0 Å². The standard InChI is InChI=1S/C20H21NO/c1-4-9-19-16(6-3)13-14-17-11-7-8-12-18(17)15-21(19)20(22)10-5-2/h4,6-9,11-12H,3,5,10,15H2,1-2H3/b9-4-,19-16-. The van der Waals surface area contributed by atoms with Gasteiger partial charge in [-0.25, -0.2) is 0 Å². The Hall–Kier alpha value is -2.53. The van der Waals surface area contributed by atoms with E-state index >= 15 is 0 Å². The molecule has 1 aliphatic heterocycles. The summed E-state index contributed by atoms with van der Waals surface area (Å²) >= 11 is 0. The van der Waals surface area contributed by atoms with Crippen LogP contribution in [0.4, 0.5) is 0 Å². The molecule has 22 heavy (non-hydrogen) atoms. The Labute approximate surface area is 132 Å². The van der Waals surface area contributed by atoms with Gasteiger partial charge in [0.15, 0.2) is 0 Å². The van der Waals surface area contributed by atoms with Gasteiger partial charge in [0.25, 0.3) is 0 Å². The number of allylic oxidation sites excluding steroid dienone is 4. The molecule has 2 rings (SSSR count). The van der Waals surface area contributed by atoms with Gasteiger partial charge in [-0.3, -0.25) is 4.79 Å². The Morgan fingerprint density at radius 1 is 1.36 bits per heavy atom. The van der Waals surface area contributed by atoms with E-state index in [1.54, 1.807) is 6.08 Å². The average molecular weight is 291 g/mol. The summed E-state index contributed by atoms with van der Waals surface area (Å²) in [5.74, 6) is 6.47. The first kappa shape index (κ1) is 15.9. The van der Waals surface area contributed by atoms with Crippen molar-refractivity contribution in [3.05, 3.63) is 71.5 Å². The van der Waals surface area contributed by atoms with Crippen LogP contribution in [0.2, 0.25) is 0 Å². The maximum Gasteiger partial charge on any atom is 0.227 e. The fourth-order valence-corrected chi connectivity index (χ4v) is 2.44. The summed E-state index contributed by atoms with van der Waals surface area (Å²) in [6.07, 6.45) is 6.95. The van der Waals surface area contributed by atoms with Gasteiger partial charge in [0.05, 0.1) is 12.2 Å². The zero-order chi connectivity index (χ0) is 15.9. The van der Waals surface area contributed by atoms with Crippen molar-refractivity contribution in [1.82, 2.24) is 4.90 Å². The van der Waals surface area contributed by atoms with Crippen LogP contribution in [0.25, 0.3) is 0 Å². The van der Waals surface area contributed by atoms with Crippen molar-refractivity contribution in [2.24, 2.45) is 0 Å². The van der Waals surface area contributed by atoms with Gasteiger partial charge in [-0.15, -0.1) is 0 Å². The Kier molecular flexibility index (Phi) is 5.38. The van der Waals surface area contributed by atoms with Crippen molar-refractivity contribution in [2.75, 3.05) is 0 Å². The third-order valence-corrected chi connectivity index (χ3v) is 3.54. The van der Waals surface area contributed by atoms with Crippen LogP contribution < -0.4 is 0 Å². The lowest BCUT2D eigenvalue weighted by atomic mass is 10.0. The molecule has 0 saturated heterocycles. The van der Waals surface area contributed by atoms with Crippen molar-refractivity contribution in [1.29, 1.82) is 0 Å². The number of hydrogen-bond acceptors (Lipinski definition) is 1. The Bertz CT molecular complexity index is 698. The highest BCUT2D eigenvalue weighted by Crippen LogP contribution is 2.22. The average Bonchev–Trinajstić information content (AvgIpc) is 2.51. The van der Waals surface area contributed by atoms with Crippen LogP contribution in [0.3, 0.4) is 0 Å². The van der Waals surface area contributed by atoms with Gasteiger partial charge in [0.2, 0.25) is 5.91 Å². The maximum absolute atomic E-state index is 12.6. The number of benzene rings is 1. The molecular formula is C20H21NO. The Morgan fingerprint density at radius 3 is 2.82 bits per heavy atom. The molecule has 0 N–H and O–H groups in total. The highest BCUT2D eigenvalue weighted by Gasteiger charge is 2.20. The summed E-state index contributed by atoms with van der Waals surface area (Å²) in [4.78, 5) is 14.4. The number of fused-ring (bicyclic) bond motifs is 1. The van der Waals surface area contributed by atoms with E-state index in [-0.39, 0.29) is 5.91 Å². The quantitative estimate of drug-likeness (QED) is 0.761. The molecule has 1 heterocycles. The molecule has 2 heteroatoms. The third kappa shape index (κ3) is 3.38. The first-order valence-corrected chi connectivity index (χ1v) is 7.61. The highest BCUT2D eigenvalue weighted by molar-refractivity contribution is 5.79. The smallest absolute Gasteiger partial charge is 0.227 e. The summed E-state index contributed by atoms with van der Waals surface area (Å²) in [5.41, 5.74) is 3.66. The van der Waals surface area contributed by atoms with Crippen LogP contribution >= 0.6 is 0 Å². The van der Waals surface area contributed by atoms with Crippen LogP contribution in [0.1, 0.15) is 37.8 Å². The fourth-order valence-electron chi connectivity index (χ4n) is 2.44. The zero-order valence-corrected chi connectivity index (χ0v) is 13.2. The van der Waals surface area contributed by atoms with Crippen LogP contribution in [-0.2, 0) is 11.3 Å². The number of carbonyl (C=O) groups is 1. The topological polar surface area (TPSA) is 20.3 Å². The molecule has 1 aromatic rings. The van der Waals surface area contributed by atoms with Crippen LogP contribution in [0.15, 0.2) is 60.3 Å². The van der Waals surface area contributed by atoms with Crippen LogP contribution in [-0.4, -0.2) is 10.8 Å². The number of hydrogen-bond donors (Lipinski definition) is 0. The molecule has 0 aromatic heterocycles.